The van der Waals surface area contributed by atoms with E-state index >= 15 is 0 Å². The van der Waals surface area contributed by atoms with E-state index in [2.05, 4.69) is 17.3 Å². The minimum atomic E-state index is -2.95. The first-order valence-electron chi connectivity index (χ1n) is 6.77. The highest BCUT2D eigenvalue weighted by Crippen LogP contribution is 2.23. The number of aryl methyl sites for hydroxylation is 2. The van der Waals surface area contributed by atoms with Gasteiger partial charge in [0.2, 0.25) is 0 Å². The molecule has 1 unspecified atom stereocenters. The summed E-state index contributed by atoms with van der Waals surface area (Å²) in [5, 5.41) is 7.75. The van der Waals surface area contributed by atoms with E-state index in [1.54, 1.807) is 6.92 Å². The normalized spacial score (nSPS) is 13.7. The van der Waals surface area contributed by atoms with Crippen LogP contribution in [0.5, 0.6) is 0 Å². The Labute approximate surface area is 116 Å². The summed E-state index contributed by atoms with van der Waals surface area (Å²) in [4.78, 5) is 0. The fourth-order valence-electron chi connectivity index (χ4n) is 2.36. The van der Waals surface area contributed by atoms with Crippen molar-refractivity contribution in [1.29, 1.82) is 0 Å². The van der Waals surface area contributed by atoms with E-state index in [1.165, 1.54) is 5.56 Å². The number of hydrogen-bond donors (Lipinski definition) is 1. The Balaban J connectivity index is 2.97. The van der Waals surface area contributed by atoms with Crippen LogP contribution >= 0.6 is 0 Å². The molecule has 1 aromatic rings. The molecule has 0 aromatic carbocycles. The highest BCUT2D eigenvalue weighted by atomic mass is 32.2. The van der Waals surface area contributed by atoms with Crippen molar-refractivity contribution < 1.29 is 8.42 Å². The van der Waals surface area contributed by atoms with E-state index < -0.39 is 9.84 Å². The topological polar surface area (TPSA) is 64.0 Å². The van der Waals surface area contributed by atoms with Crippen molar-refractivity contribution in [2.24, 2.45) is 0 Å². The monoisotopic (exact) mass is 287 g/mol. The van der Waals surface area contributed by atoms with Gasteiger partial charge in [-0.2, -0.15) is 5.10 Å². The molecular formula is C13H25N3O2S. The number of hydrogen-bond acceptors (Lipinski definition) is 4. The zero-order chi connectivity index (χ0) is 14.6. The molecule has 0 aliphatic carbocycles. The Morgan fingerprint density at radius 2 is 1.95 bits per heavy atom. The molecule has 0 aliphatic rings. The van der Waals surface area contributed by atoms with Crippen LogP contribution < -0.4 is 5.32 Å². The van der Waals surface area contributed by atoms with Gasteiger partial charge in [-0.3, -0.25) is 4.68 Å². The molecule has 1 atom stereocenters. The highest BCUT2D eigenvalue weighted by molar-refractivity contribution is 7.91. The third kappa shape index (κ3) is 3.79. The van der Waals surface area contributed by atoms with Crippen molar-refractivity contribution >= 4 is 9.84 Å². The minimum Gasteiger partial charge on any atom is -0.313 e. The summed E-state index contributed by atoms with van der Waals surface area (Å²) in [6.07, 6.45) is 0.983. The zero-order valence-corrected chi connectivity index (χ0v) is 13.3. The maximum Gasteiger partial charge on any atom is 0.151 e. The Bertz CT molecular complexity index is 516. The number of nitrogens with zero attached hydrogens (tertiary/aromatic N) is 2. The van der Waals surface area contributed by atoms with Crippen molar-refractivity contribution in [3.05, 3.63) is 17.0 Å². The number of rotatable bonds is 7. The molecule has 0 fully saturated rings. The summed E-state index contributed by atoms with van der Waals surface area (Å²) in [6.45, 7) is 8.22. The molecule has 1 aromatic heterocycles. The van der Waals surface area contributed by atoms with Gasteiger partial charge < -0.3 is 5.32 Å². The first-order valence-corrected chi connectivity index (χ1v) is 8.60. The van der Waals surface area contributed by atoms with E-state index in [0.717, 1.165) is 17.8 Å². The lowest BCUT2D eigenvalue weighted by atomic mass is 10.0. The second kappa shape index (κ2) is 6.52. The standard InChI is InChI=1S/C13H25N3O2S/c1-6-12(14-5)13-10(3)15-16(11(13)4)8-9-19(17,18)7-2/h12,14H,6-9H2,1-5H3. The SMILES string of the molecule is CCC(NC)c1c(C)nn(CCS(=O)(=O)CC)c1C. The summed E-state index contributed by atoms with van der Waals surface area (Å²) in [5.41, 5.74) is 3.23. The van der Waals surface area contributed by atoms with Crippen LogP contribution in [0.15, 0.2) is 0 Å². The summed E-state index contributed by atoms with van der Waals surface area (Å²) < 4.78 is 25.0. The predicted molar refractivity (Wildman–Crippen MR) is 78.1 cm³/mol. The summed E-state index contributed by atoms with van der Waals surface area (Å²) in [6, 6.07) is 0.275. The van der Waals surface area contributed by atoms with Gasteiger partial charge in [-0.1, -0.05) is 13.8 Å². The van der Waals surface area contributed by atoms with Crippen LogP contribution in [0.3, 0.4) is 0 Å². The molecule has 0 saturated carbocycles. The third-order valence-electron chi connectivity index (χ3n) is 3.60. The smallest absolute Gasteiger partial charge is 0.151 e. The lowest BCUT2D eigenvalue weighted by Crippen LogP contribution is -2.18. The number of nitrogens with one attached hydrogen (secondary N) is 1. The van der Waals surface area contributed by atoms with Gasteiger partial charge in [0.15, 0.2) is 9.84 Å². The van der Waals surface area contributed by atoms with Crippen molar-refractivity contribution in [3.63, 3.8) is 0 Å². The predicted octanol–water partition coefficient (Wildman–Crippen LogP) is 1.61. The van der Waals surface area contributed by atoms with Gasteiger partial charge in [0.1, 0.15) is 0 Å². The maximum atomic E-state index is 11.6. The Morgan fingerprint density at radius 3 is 2.42 bits per heavy atom. The molecule has 1 N–H and O–H groups in total. The molecule has 0 spiro atoms. The lowest BCUT2D eigenvalue weighted by Gasteiger charge is -2.14. The number of sulfone groups is 1. The van der Waals surface area contributed by atoms with Gasteiger partial charge in [0, 0.05) is 23.1 Å². The van der Waals surface area contributed by atoms with Gasteiger partial charge in [-0.15, -0.1) is 0 Å². The minimum absolute atomic E-state index is 0.154. The van der Waals surface area contributed by atoms with Crippen LogP contribution in [0.25, 0.3) is 0 Å². The summed E-state index contributed by atoms with van der Waals surface area (Å²) in [7, 11) is -1.01. The van der Waals surface area contributed by atoms with Crippen molar-refractivity contribution in [3.8, 4) is 0 Å². The van der Waals surface area contributed by atoms with Gasteiger partial charge >= 0.3 is 0 Å². The molecule has 0 aliphatic heterocycles. The van der Waals surface area contributed by atoms with Crippen molar-refractivity contribution in [1.82, 2.24) is 15.1 Å². The maximum absolute atomic E-state index is 11.6. The average Bonchev–Trinajstić information content (AvgIpc) is 2.66. The van der Waals surface area contributed by atoms with Gasteiger partial charge in [0.05, 0.1) is 18.0 Å². The molecular weight excluding hydrogens is 262 g/mol. The van der Waals surface area contributed by atoms with Gasteiger partial charge in [-0.25, -0.2) is 8.42 Å². The molecule has 6 heteroatoms. The van der Waals surface area contributed by atoms with E-state index in [1.807, 2.05) is 25.6 Å². The van der Waals surface area contributed by atoms with Gasteiger partial charge in [0.25, 0.3) is 0 Å². The second-order valence-electron chi connectivity index (χ2n) is 4.79. The van der Waals surface area contributed by atoms with Crippen LogP contribution in [0.1, 0.15) is 43.3 Å². The Hall–Kier alpha value is -0.880. The fourth-order valence-corrected chi connectivity index (χ4v) is 3.10. The molecule has 0 saturated heterocycles. The van der Waals surface area contributed by atoms with Gasteiger partial charge in [-0.05, 0) is 27.3 Å². The van der Waals surface area contributed by atoms with Crippen LogP contribution in [0.4, 0.5) is 0 Å². The average molecular weight is 287 g/mol. The van der Waals surface area contributed by atoms with Crippen molar-refractivity contribution in [2.45, 2.75) is 46.7 Å². The van der Waals surface area contributed by atoms with Crippen LogP contribution in [-0.4, -0.2) is 36.8 Å². The first-order chi connectivity index (χ1) is 8.86. The van der Waals surface area contributed by atoms with Crippen LogP contribution in [0.2, 0.25) is 0 Å². The van der Waals surface area contributed by atoms with E-state index in [0.29, 0.717) is 6.54 Å². The van der Waals surface area contributed by atoms with Crippen LogP contribution in [-0.2, 0) is 16.4 Å². The molecule has 1 rings (SSSR count). The van der Waals surface area contributed by atoms with Crippen molar-refractivity contribution in [2.75, 3.05) is 18.6 Å². The molecule has 0 bridgehead atoms. The van der Waals surface area contributed by atoms with E-state index in [4.69, 9.17) is 0 Å². The summed E-state index contributed by atoms with van der Waals surface area (Å²) >= 11 is 0. The Morgan fingerprint density at radius 1 is 1.32 bits per heavy atom. The highest BCUT2D eigenvalue weighted by Gasteiger charge is 2.19. The molecule has 0 radical (unpaired) electrons. The zero-order valence-electron chi connectivity index (χ0n) is 12.5. The largest absolute Gasteiger partial charge is 0.313 e. The molecule has 0 amide bonds. The fraction of sp³-hybridized carbons (Fsp3) is 0.769. The van der Waals surface area contributed by atoms with Crippen LogP contribution in [0, 0.1) is 13.8 Å². The van der Waals surface area contributed by atoms with E-state index in [9.17, 15) is 8.42 Å². The van der Waals surface area contributed by atoms with E-state index in [-0.39, 0.29) is 17.5 Å². The first kappa shape index (κ1) is 16.2. The molecule has 1 heterocycles. The lowest BCUT2D eigenvalue weighted by molar-refractivity contribution is 0.563. The quantitative estimate of drug-likeness (QED) is 0.827. The second-order valence-corrected chi connectivity index (χ2v) is 7.27. The third-order valence-corrected chi connectivity index (χ3v) is 5.28. The number of aromatic nitrogens is 2. The Kier molecular flexibility index (Phi) is 5.55. The summed E-state index contributed by atoms with van der Waals surface area (Å²) in [5.74, 6) is 0.342. The molecule has 5 nitrogen and oxygen atoms in total. The molecule has 110 valence electrons. The molecule has 19 heavy (non-hydrogen) atoms.